The van der Waals surface area contributed by atoms with Gasteiger partial charge in [-0.05, 0) is 40.5 Å². The summed E-state index contributed by atoms with van der Waals surface area (Å²) in [5.74, 6) is 0.577. The number of thiophene rings is 1. The third kappa shape index (κ3) is 4.31. The number of aromatic nitrogens is 1. The Morgan fingerprint density at radius 1 is 1.45 bits per heavy atom. The first-order chi connectivity index (χ1) is 9.69. The van der Waals surface area contributed by atoms with Gasteiger partial charge in [-0.1, -0.05) is 13.0 Å². The molecular formula is C14H16BrN3OS. The molecule has 4 nitrogen and oxygen atoms in total. The highest BCUT2D eigenvalue weighted by Gasteiger charge is 2.08. The van der Waals surface area contributed by atoms with E-state index in [1.807, 2.05) is 23.6 Å². The second kappa shape index (κ2) is 7.40. The van der Waals surface area contributed by atoms with Gasteiger partial charge >= 0.3 is 0 Å². The normalized spacial score (nSPS) is 10.3. The van der Waals surface area contributed by atoms with Crippen molar-refractivity contribution in [2.45, 2.75) is 19.9 Å². The molecule has 0 aliphatic heterocycles. The van der Waals surface area contributed by atoms with Gasteiger partial charge < -0.3 is 10.6 Å². The van der Waals surface area contributed by atoms with Crippen molar-refractivity contribution < 1.29 is 4.79 Å². The smallest absolute Gasteiger partial charge is 0.270 e. The van der Waals surface area contributed by atoms with E-state index in [4.69, 9.17) is 0 Å². The fraction of sp³-hybridized carbons (Fsp3) is 0.286. The molecule has 2 heterocycles. The van der Waals surface area contributed by atoms with E-state index in [9.17, 15) is 4.79 Å². The quantitative estimate of drug-likeness (QED) is 0.833. The number of carbonyl (C=O) groups is 1. The highest BCUT2D eigenvalue weighted by molar-refractivity contribution is 9.10. The third-order valence-corrected chi connectivity index (χ3v) is 4.28. The predicted molar refractivity (Wildman–Crippen MR) is 86.2 cm³/mol. The van der Waals surface area contributed by atoms with Crippen LogP contribution in [0.4, 0.5) is 5.82 Å². The number of halogens is 1. The van der Waals surface area contributed by atoms with Crippen LogP contribution in [0.3, 0.4) is 0 Å². The molecule has 20 heavy (non-hydrogen) atoms. The highest BCUT2D eigenvalue weighted by atomic mass is 79.9. The SMILES string of the molecule is CCCNc1cccc(C(=O)NCc2cc(Br)cs2)n1. The van der Waals surface area contributed by atoms with Gasteiger partial charge in [0, 0.05) is 21.3 Å². The van der Waals surface area contributed by atoms with Crippen LogP contribution in [0, 0.1) is 0 Å². The van der Waals surface area contributed by atoms with E-state index in [-0.39, 0.29) is 5.91 Å². The summed E-state index contributed by atoms with van der Waals surface area (Å²) in [5, 5.41) is 8.04. The number of amides is 1. The largest absolute Gasteiger partial charge is 0.370 e. The van der Waals surface area contributed by atoms with Crippen molar-refractivity contribution in [1.82, 2.24) is 10.3 Å². The molecule has 2 rings (SSSR count). The summed E-state index contributed by atoms with van der Waals surface area (Å²) in [6.07, 6.45) is 1.02. The van der Waals surface area contributed by atoms with Gasteiger partial charge in [-0.2, -0.15) is 0 Å². The van der Waals surface area contributed by atoms with Crippen LogP contribution >= 0.6 is 27.3 Å². The van der Waals surface area contributed by atoms with Crippen molar-refractivity contribution in [1.29, 1.82) is 0 Å². The molecule has 0 aromatic carbocycles. The van der Waals surface area contributed by atoms with E-state index in [2.05, 4.69) is 38.5 Å². The van der Waals surface area contributed by atoms with Crippen LogP contribution < -0.4 is 10.6 Å². The Kier molecular flexibility index (Phi) is 5.55. The number of carbonyl (C=O) groups excluding carboxylic acids is 1. The lowest BCUT2D eigenvalue weighted by Crippen LogP contribution is -2.23. The first-order valence-corrected chi connectivity index (χ1v) is 8.08. The number of hydrogen-bond donors (Lipinski definition) is 2. The molecule has 0 radical (unpaired) electrons. The highest BCUT2D eigenvalue weighted by Crippen LogP contribution is 2.19. The minimum absolute atomic E-state index is 0.158. The summed E-state index contributed by atoms with van der Waals surface area (Å²) in [5.41, 5.74) is 0.432. The molecule has 0 aliphatic rings. The number of nitrogens with zero attached hydrogens (tertiary/aromatic N) is 1. The van der Waals surface area contributed by atoms with Gasteiger partial charge in [0.15, 0.2) is 0 Å². The summed E-state index contributed by atoms with van der Waals surface area (Å²) in [7, 11) is 0. The molecule has 0 aliphatic carbocycles. The standard InChI is InChI=1S/C14H16BrN3OS/c1-2-6-16-13-5-3-4-12(18-13)14(19)17-8-11-7-10(15)9-20-11/h3-5,7,9H,2,6,8H2,1H3,(H,16,18)(H,17,19). The molecule has 0 unspecified atom stereocenters. The molecule has 1 amide bonds. The van der Waals surface area contributed by atoms with E-state index < -0.39 is 0 Å². The van der Waals surface area contributed by atoms with Gasteiger partial charge in [-0.3, -0.25) is 4.79 Å². The van der Waals surface area contributed by atoms with Crippen molar-refractivity contribution in [2.24, 2.45) is 0 Å². The second-order valence-electron chi connectivity index (χ2n) is 4.25. The van der Waals surface area contributed by atoms with Crippen molar-refractivity contribution >= 4 is 39.0 Å². The van der Waals surface area contributed by atoms with Crippen molar-refractivity contribution in [3.8, 4) is 0 Å². The van der Waals surface area contributed by atoms with E-state index in [0.717, 1.165) is 28.1 Å². The molecule has 106 valence electrons. The first kappa shape index (κ1) is 15.0. The zero-order valence-electron chi connectivity index (χ0n) is 11.1. The van der Waals surface area contributed by atoms with E-state index in [0.29, 0.717) is 12.2 Å². The lowest BCUT2D eigenvalue weighted by atomic mass is 10.3. The molecule has 0 fully saturated rings. The predicted octanol–water partition coefficient (Wildman–Crippen LogP) is 3.66. The number of hydrogen-bond acceptors (Lipinski definition) is 4. The summed E-state index contributed by atoms with van der Waals surface area (Å²) >= 11 is 5.00. The number of anilines is 1. The van der Waals surface area contributed by atoms with Gasteiger partial charge in [0.2, 0.25) is 0 Å². The maximum absolute atomic E-state index is 12.0. The molecule has 6 heteroatoms. The molecular weight excluding hydrogens is 338 g/mol. The lowest BCUT2D eigenvalue weighted by Gasteiger charge is -2.06. The van der Waals surface area contributed by atoms with Crippen LogP contribution in [-0.4, -0.2) is 17.4 Å². The molecule has 0 saturated heterocycles. The summed E-state index contributed by atoms with van der Waals surface area (Å²) in [6, 6.07) is 7.42. The average Bonchev–Trinajstić information content (AvgIpc) is 2.88. The Hall–Kier alpha value is -1.40. The van der Waals surface area contributed by atoms with Crippen LogP contribution in [0.1, 0.15) is 28.7 Å². The zero-order chi connectivity index (χ0) is 14.4. The fourth-order valence-electron chi connectivity index (χ4n) is 1.62. The number of rotatable bonds is 6. The topological polar surface area (TPSA) is 54.0 Å². The van der Waals surface area contributed by atoms with Gasteiger partial charge in [0.25, 0.3) is 5.91 Å². The monoisotopic (exact) mass is 353 g/mol. The molecule has 2 aromatic rings. The molecule has 0 spiro atoms. The Bertz CT molecular complexity index is 585. The van der Waals surface area contributed by atoms with E-state index in [1.165, 1.54) is 0 Å². The molecule has 0 bridgehead atoms. The van der Waals surface area contributed by atoms with Gasteiger partial charge in [0.1, 0.15) is 11.5 Å². The maximum atomic E-state index is 12.0. The van der Waals surface area contributed by atoms with Crippen molar-refractivity contribution in [2.75, 3.05) is 11.9 Å². The van der Waals surface area contributed by atoms with E-state index >= 15 is 0 Å². The Labute approximate surface area is 130 Å². The van der Waals surface area contributed by atoms with Gasteiger partial charge in [-0.15, -0.1) is 11.3 Å². The molecule has 2 aromatic heterocycles. The Morgan fingerprint density at radius 3 is 3.00 bits per heavy atom. The van der Waals surface area contributed by atoms with Crippen LogP contribution in [0.25, 0.3) is 0 Å². The van der Waals surface area contributed by atoms with Gasteiger partial charge in [-0.25, -0.2) is 4.98 Å². The number of pyridine rings is 1. The lowest BCUT2D eigenvalue weighted by molar-refractivity contribution is 0.0946. The number of nitrogens with one attached hydrogen (secondary N) is 2. The van der Waals surface area contributed by atoms with Crippen LogP contribution in [-0.2, 0) is 6.54 Å². The maximum Gasteiger partial charge on any atom is 0.270 e. The summed E-state index contributed by atoms with van der Waals surface area (Å²) < 4.78 is 1.04. The molecule has 2 N–H and O–H groups in total. The fourth-order valence-corrected chi connectivity index (χ4v) is 3.01. The Morgan fingerprint density at radius 2 is 2.30 bits per heavy atom. The van der Waals surface area contributed by atoms with Crippen LogP contribution in [0.5, 0.6) is 0 Å². The average molecular weight is 354 g/mol. The second-order valence-corrected chi connectivity index (χ2v) is 6.16. The Balaban J connectivity index is 1.94. The molecule has 0 saturated carbocycles. The van der Waals surface area contributed by atoms with Crippen molar-refractivity contribution in [3.05, 3.63) is 44.7 Å². The minimum Gasteiger partial charge on any atom is -0.370 e. The molecule has 0 atom stereocenters. The van der Waals surface area contributed by atoms with E-state index in [1.54, 1.807) is 17.4 Å². The summed E-state index contributed by atoms with van der Waals surface area (Å²) in [6.45, 7) is 3.45. The minimum atomic E-state index is -0.158. The third-order valence-electron chi connectivity index (χ3n) is 2.58. The van der Waals surface area contributed by atoms with Crippen LogP contribution in [0.2, 0.25) is 0 Å². The summed E-state index contributed by atoms with van der Waals surface area (Å²) in [4.78, 5) is 17.4. The van der Waals surface area contributed by atoms with Crippen molar-refractivity contribution in [3.63, 3.8) is 0 Å². The van der Waals surface area contributed by atoms with Gasteiger partial charge in [0.05, 0.1) is 6.54 Å². The first-order valence-electron chi connectivity index (χ1n) is 6.41. The van der Waals surface area contributed by atoms with Crippen LogP contribution in [0.15, 0.2) is 34.1 Å². The zero-order valence-corrected chi connectivity index (χ0v) is 13.6.